The second-order valence-corrected chi connectivity index (χ2v) is 7.70. The van der Waals surface area contributed by atoms with Gasteiger partial charge in [0.05, 0.1) is 12.2 Å². The molecule has 8 nitrogen and oxygen atoms in total. The van der Waals surface area contributed by atoms with Gasteiger partial charge in [-0.15, -0.1) is 24.0 Å². The van der Waals surface area contributed by atoms with Crippen molar-refractivity contribution in [1.29, 1.82) is 0 Å². The second-order valence-electron chi connectivity index (χ2n) is 7.70. The van der Waals surface area contributed by atoms with Crippen molar-refractivity contribution in [3.8, 4) is 0 Å². The summed E-state index contributed by atoms with van der Waals surface area (Å²) >= 11 is 0. The first-order valence-corrected chi connectivity index (χ1v) is 10.7. The van der Waals surface area contributed by atoms with Gasteiger partial charge in [0.15, 0.2) is 5.96 Å². The Hall–Kier alpha value is -2.89. The molecular formula is C23H30FIN8. The first kappa shape index (κ1) is 24.7. The molecule has 0 spiro atoms. The Morgan fingerprint density at radius 2 is 1.67 bits per heavy atom. The fraction of sp³-hybridized carbons (Fsp3) is 0.348. The molecule has 0 atom stereocenters. The maximum atomic E-state index is 13.2. The summed E-state index contributed by atoms with van der Waals surface area (Å²) < 4.78 is 15.0. The third-order valence-electron chi connectivity index (χ3n) is 5.65. The molecule has 2 aromatic heterocycles. The van der Waals surface area contributed by atoms with Crippen molar-refractivity contribution in [3.05, 3.63) is 71.9 Å². The van der Waals surface area contributed by atoms with Crippen molar-refractivity contribution in [1.82, 2.24) is 25.4 Å². The number of anilines is 2. The van der Waals surface area contributed by atoms with Crippen LogP contribution in [-0.4, -0.2) is 54.0 Å². The number of guanidine groups is 1. The van der Waals surface area contributed by atoms with Gasteiger partial charge < -0.3 is 20.4 Å². The number of piperazine rings is 1. The van der Waals surface area contributed by atoms with Crippen LogP contribution in [0.25, 0.3) is 0 Å². The number of halogens is 2. The van der Waals surface area contributed by atoms with Gasteiger partial charge >= 0.3 is 0 Å². The topological polar surface area (TPSA) is 73.6 Å². The molecule has 1 fully saturated rings. The SMILES string of the molecule is CN=C(NCc1ccnc(N2CCN(c3ccc(F)cc3)CC2)c1)NCc1ccnn1C.I. The van der Waals surface area contributed by atoms with Crippen molar-refractivity contribution < 1.29 is 4.39 Å². The number of aliphatic imine (C=N–C) groups is 1. The molecule has 0 aliphatic carbocycles. The van der Waals surface area contributed by atoms with E-state index in [0.29, 0.717) is 13.1 Å². The molecule has 1 aromatic carbocycles. The highest BCUT2D eigenvalue weighted by Gasteiger charge is 2.18. The molecule has 0 unspecified atom stereocenters. The van der Waals surface area contributed by atoms with Crippen LogP contribution in [0, 0.1) is 5.82 Å². The van der Waals surface area contributed by atoms with E-state index in [-0.39, 0.29) is 29.8 Å². The number of aromatic nitrogens is 3. The summed E-state index contributed by atoms with van der Waals surface area (Å²) in [6.45, 7) is 4.79. The lowest BCUT2D eigenvalue weighted by Crippen LogP contribution is -2.46. The highest BCUT2D eigenvalue weighted by atomic mass is 127. The minimum absolute atomic E-state index is 0. The zero-order valence-corrected chi connectivity index (χ0v) is 21.2. The Bertz CT molecular complexity index is 1040. The number of hydrogen-bond donors (Lipinski definition) is 2. The third-order valence-corrected chi connectivity index (χ3v) is 5.65. The van der Waals surface area contributed by atoms with Crippen LogP contribution in [0.15, 0.2) is 59.9 Å². The standard InChI is InChI=1S/C23H29FN8.HI/c1-25-23(28-17-21-8-10-29-30(21)2)27-16-18-7-9-26-22(15-18)32-13-11-31(12-14-32)20-5-3-19(24)4-6-20;/h3-10,15H,11-14,16-17H2,1-2H3,(H2,25,27,28);1H. The van der Waals surface area contributed by atoms with Gasteiger partial charge in [-0.1, -0.05) is 0 Å². The predicted molar refractivity (Wildman–Crippen MR) is 141 cm³/mol. The van der Waals surface area contributed by atoms with Gasteiger partial charge in [0.2, 0.25) is 0 Å². The van der Waals surface area contributed by atoms with E-state index in [1.807, 2.05) is 42.2 Å². The summed E-state index contributed by atoms with van der Waals surface area (Å²) in [4.78, 5) is 13.4. The lowest BCUT2D eigenvalue weighted by atomic mass is 10.2. The third kappa shape index (κ3) is 6.56. The van der Waals surface area contributed by atoms with Crippen LogP contribution in [0.4, 0.5) is 15.9 Å². The molecule has 0 saturated carbocycles. The summed E-state index contributed by atoms with van der Waals surface area (Å²) in [6.07, 6.45) is 3.63. The summed E-state index contributed by atoms with van der Waals surface area (Å²) in [7, 11) is 3.68. The number of rotatable bonds is 6. The Balaban J connectivity index is 0.00000306. The molecule has 176 valence electrons. The van der Waals surface area contributed by atoms with Crippen molar-refractivity contribution >= 4 is 41.4 Å². The first-order valence-electron chi connectivity index (χ1n) is 10.7. The van der Waals surface area contributed by atoms with Crippen LogP contribution >= 0.6 is 24.0 Å². The zero-order chi connectivity index (χ0) is 22.3. The predicted octanol–water partition coefficient (Wildman–Crippen LogP) is 2.76. The van der Waals surface area contributed by atoms with Crippen LogP contribution in [0.5, 0.6) is 0 Å². The number of aryl methyl sites for hydroxylation is 1. The minimum Gasteiger partial charge on any atom is -0.368 e. The maximum absolute atomic E-state index is 13.2. The van der Waals surface area contributed by atoms with Crippen molar-refractivity contribution in [2.24, 2.45) is 12.0 Å². The summed E-state index contributed by atoms with van der Waals surface area (Å²) in [6, 6.07) is 12.8. The van der Waals surface area contributed by atoms with Crippen LogP contribution < -0.4 is 20.4 Å². The van der Waals surface area contributed by atoms with E-state index in [1.165, 1.54) is 12.1 Å². The zero-order valence-electron chi connectivity index (χ0n) is 18.9. The Morgan fingerprint density at radius 1 is 0.970 bits per heavy atom. The smallest absolute Gasteiger partial charge is 0.191 e. The lowest BCUT2D eigenvalue weighted by Gasteiger charge is -2.36. The lowest BCUT2D eigenvalue weighted by molar-refractivity contribution is 0.624. The number of hydrogen-bond acceptors (Lipinski definition) is 5. The van der Waals surface area contributed by atoms with Crippen LogP contribution in [0.3, 0.4) is 0 Å². The molecule has 3 heterocycles. The molecular weight excluding hydrogens is 534 g/mol. The quantitative estimate of drug-likeness (QED) is 0.273. The molecule has 1 aliphatic rings. The highest BCUT2D eigenvalue weighted by Crippen LogP contribution is 2.20. The van der Waals surface area contributed by atoms with Gasteiger partial charge in [-0.3, -0.25) is 9.67 Å². The van der Waals surface area contributed by atoms with Gasteiger partial charge in [-0.2, -0.15) is 5.10 Å². The molecule has 10 heteroatoms. The van der Waals surface area contributed by atoms with Gasteiger partial charge in [0.1, 0.15) is 11.6 Å². The van der Waals surface area contributed by atoms with Crippen molar-refractivity contribution in [3.63, 3.8) is 0 Å². The van der Waals surface area contributed by atoms with Crippen molar-refractivity contribution in [2.45, 2.75) is 13.1 Å². The Kier molecular flexibility index (Phi) is 8.87. The average molecular weight is 564 g/mol. The number of benzene rings is 1. The monoisotopic (exact) mass is 564 g/mol. The fourth-order valence-corrected chi connectivity index (χ4v) is 3.74. The van der Waals surface area contributed by atoms with E-state index in [0.717, 1.165) is 54.9 Å². The maximum Gasteiger partial charge on any atom is 0.191 e. The molecule has 0 radical (unpaired) electrons. The molecule has 2 N–H and O–H groups in total. The number of nitrogens with one attached hydrogen (secondary N) is 2. The van der Waals surface area contributed by atoms with Gasteiger partial charge in [-0.25, -0.2) is 9.37 Å². The molecule has 0 amide bonds. The molecule has 3 aromatic rings. The molecule has 0 bridgehead atoms. The summed E-state index contributed by atoms with van der Waals surface area (Å²) in [5, 5.41) is 10.8. The normalized spacial score (nSPS) is 14.1. The molecule has 1 aliphatic heterocycles. The Labute approximate surface area is 210 Å². The van der Waals surface area contributed by atoms with Crippen LogP contribution in [-0.2, 0) is 20.1 Å². The highest BCUT2D eigenvalue weighted by molar-refractivity contribution is 14.0. The molecule has 1 saturated heterocycles. The average Bonchev–Trinajstić information content (AvgIpc) is 3.24. The van der Waals surface area contributed by atoms with E-state index in [2.05, 4.69) is 41.6 Å². The van der Waals surface area contributed by atoms with E-state index < -0.39 is 0 Å². The Morgan fingerprint density at radius 3 is 2.33 bits per heavy atom. The second kappa shape index (κ2) is 11.8. The fourth-order valence-electron chi connectivity index (χ4n) is 3.74. The summed E-state index contributed by atoms with van der Waals surface area (Å²) in [5.74, 6) is 1.50. The van der Waals surface area contributed by atoms with E-state index in [4.69, 9.17) is 0 Å². The van der Waals surface area contributed by atoms with Crippen molar-refractivity contribution in [2.75, 3.05) is 43.0 Å². The first-order chi connectivity index (χ1) is 15.6. The molecule has 4 rings (SSSR count). The van der Waals surface area contributed by atoms with Gasteiger partial charge in [-0.05, 0) is 48.0 Å². The number of nitrogens with zero attached hydrogens (tertiary/aromatic N) is 6. The van der Waals surface area contributed by atoms with E-state index in [1.54, 1.807) is 13.2 Å². The largest absolute Gasteiger partial charge is 0.368 e. The summed E-state index contributed by atoms with van der Waals surface area (Å²) in [5.41, 5.74) is 3.28. The molecule has 33 heavy (non-hydrogen) atoms. The number of pyridine rings is 1. The van der Waals surface area contributed by atoms with E-state index >= 15 is 0 Å². The van der Waals surface area contributed by atoms with Crippen LogP contribution in [0.2, 0.25) is 0 Å². The minimum atomic E-state index is -0.203. The van der Waals surface area contributed by atoms with Gasteiger partial charge in [0.25, 0.3) is 0 Å². The van der Waals surface area contributed by atoms with E-state index in [9.17, 15) is 4.39 Å². The van der Waals surface area contributed by atoms with Gasteiger partial charge in [0, 0.05) is 64.9 Å². The van der Waals surface area contributed by atoms with Crippen LogP contribution in [0.1, 0.15) is 11.3 Å².